The van der Waals surface area contributed by atoms with E-state index in [0.717, 1.165) is 36.0 Å². The number of likely N-dealkylation sites (tertiary alicyclic amines) is 1. The summed E-state index contributed by atoms with van der Waals surface area (Å²) in [5.74, 6) is 0.666. The van der Waals surface area contributed by atoms with Gasteiger partial charge in [0.25, 0.3) is 5.91 Å². The van der Waals surface area contributed by atoms with Gasteiger partial charge in [-0.3, -0.25) is 4.79 Å². The summed E-state index contributed by atoms with van der Waals surface area (Å²) in [6.07, 6.45) is 1.83. The van der Waals surface area contributed by atoms with E-state index in [1.807, 2.05) is 53.4 Å². The van der Waals surface area contributed by atoms with Crippen molar-refractivity contribution in [1.82, 2.24) is 9.88 Å². The van der Waals surface area contributed by atoms with E-state index in [-0.39, 0.29) is 11.9 Å². The molecule has 0 radical (unpaired) electrons. The van der Waals surface area contributed by atoms with E-state index in [1.54, 1.807) is 0 Å². The molecule has 5 rings (SSSR count). The molecule has 1 atom stereocenters. The van der Waals surface area contributed by atoms with Gasteiger partial charge in [0.2, 0.25) is 5.89 Å². The van der Waals surface area contributed by atoms with Crippen molar-refractivity contribution in [3.63, 3.8) is 0 Å². The summed E-state index contributed by atoms with van der Waals surface area (Å²) in [6.45, 7) is 2.84. The average Bonchev–Trinajstić information content (AvgIpc) is 3.40. The second-order valence-corrected chi connectivity index (χ2v) is 7.57. The maximum Gasteiger partial charge on any atom is 0.254 e. The Labute approximate surface area is 169 Å². The zero-order chi connectivity index (χ0) is 19.8. The van der Waals surface area contributed by atoms with Gasteiger partial charge in [-0.1, -0.05) is 48.5 Å². The maximum absolute atomic E-state index is 13.0. The molecule has 0 N–H and O–H groups in total. The molecule has 0 spiro atoms. The predicted octanol–water partition coefficient (Wildman–Crippen LogP) is 5.78. The second-order valence-electron chi connectivity index (χ2n) is 7.57. The third kappa shape index (κ3) is 3.21. The Hall–Kier alpha value is -3.40. The fraction of sp³-hybridized carbons (Fsp3) is 0.200. The zero-order valence-corrected chi connectivity index (χ0v) is 16.3. The number of rotatable bonds is 3. The van der Waals surface area contributed by atoms with Crippen LogP contribution in [0.2, 0.25) is 0 Å². The highest BCUT2D eigenvalue weighted by Crippen LogP contribution is 2.35. The fourth-order valence-corrected chi connectivity index (χ4v) is 4.17. The van der Waals surface area contributed by atoms with E-state index in [0.29, 0.717) is 11.5 Å². The van der Waals surface area contributed by atoms with Gasteiger partial charge in [-0.15, -0.1) is 0 Å². The van der Waals surface area contributed by atoms with Crippen LogP contribution < -0.4 is 0 Å². The number of benzene rings is 3. The van der Waals surface area contributed by atoms with Crippen LogP contribution in [0.15, 0.2) is 77.2 Å². The molecule has 1 amide bonds. The number of fused-ring (bicyclic) bond motifs is 1. The lowest BCUT2D eigenvalue weighted by Crippen LogP contribution is -2.30. The molecule has 2 heterocycles. The van der Waals surface area contributed by atoms with E-state index in [9.17, 15) is 4.79 Å². The lowest BCUT2D eigenvalue weighted by Gasteiger charge is -2.22. The fourth-order valence-electron chi connectivity index (χ4n) is 4.17. The van der Waals surface area contributed by atoms with Crippen LogP contribution in [0.4, 0.5) is 0 Å². The highest BCUT2D eigenvalue weighted by atomic mass is 16.3. The molecule has 4 nitrogen and oxygen atoms in total. The van der Waals surface area contributed by atoms with Crippen LogP contribution in [0.3, 0.4) is 0 Å². The number of amides is 1. The molecule has 1 aromatic heterocycles. The summed E-state index contributed by atoms with van der Waals surface area (Å²) in [4.78, 5) is 19.6. The number of aryl methyl sites for hydroxylation is 1. The van der Waals surface area contributed by atoms with Gasteiger partial charge < -0.3 is 9.32 Å². The third-order valence-electron chi connectivity index (χ3n) is 5.68. The van der Waals surface area contributed by atoms with Crippen LogP contribution in [0.5, 0.6) is 0 Å². The van der Waals surface area contributed by atoms with Gasteiger partial charge in [0.05, 0.1) is 0 Å². The number of nitrogens with zero attached hydrogens (tertiary/aromatic N) is 2. The highest BCUT2D eigenvalue weighted by molar-refractivity contribution is 5.94. The van der Waals surface area contributed by atoms with Crippen molar-refractivity contribution >= 4 is 17.0 Å². The summed E-state index contributed by atoms with van der Waals surface area (Å²) >= 11 is 0. The molecule has 0 aliphatic carbocycles. The Balaban J connectivity index is 1.48. The number of carbonyl (C=O) groups excluding carboxylic acids is 1. The van der Waals surface area contributed by atoms with Gasteiger partial charge in [-0.2, -0.15) is 0 Å². The zero-order valence-electron chi connectivity index (χ0n) is 16.3. The minimum atomic E-state index is -0.114. The quantitative estimate of drug-likeness (QED) is 0.451. The molecule has 1 aliphatic rings. The first-order valence-corrected chi connectivity index (χ1v) is 10.0. The number of hydrogen-bond acceptors (Lipinski definition) is 3. The Morgan fingerprint density at radius 1 is 1.03 bits per heavy atom. The van der Waals surface area contributed by atoms with Crippen molar-refractivity contribution in [1.29, 1.82) is 0 Å². The van der Waals surface area contributed by atoms with Crippen LogP contribution in [0.25, 0.3) is 22.2 Å². The molecule has 1 saturated heterocycles. The van der Waals surface area contributed by atoms with Crippen molar-refractivity contribution in [2.45, 2.75) is 25.8 Å². The first-order valence-electron chi connectivity index (χ1n) is 10.0. The second kappa shape index (κ2) is 7.21. The Morgan fingerprint density at radius 3 is 2.66 bits per heavy atom. The lowest BCUT2D eigenvalue weighted by atomic mass is 10.0. The summed E-state index contributed by atoms with van der Waals surface area (Å²) in [6, 6.07) is 23.8. The van der Waals surface area contributed by atoms with Crippen LogP contribution in [-0.4, -0.2) is 22.3 Å². The van der Waals surface area contributed by atoms with E-state index in [4.69, 9.17) is 9.40 Å². The molecule has 1 aliphatic heterocycles. The van der Waals surface area contributed by atoms with Crippen LogP contribution in [0, 0.1) is 6.92 Å². The van der Waals surface area contributed by atoms with Crippen molar-refractivity contribution < 1.29 is 9.21 Å². The van der Waals surface area contributed by atoms with Gasteiger partial charge in [0.15, 0.2) is 5.58 Å². The number of oxazole rings is 1. The first-order chi connectivity index (χ1) is 14.2. The molecular weight excluding hydrogens is 360 g/mol. The minimum absolute atomic E-state index is 0.0379. The SMILES string of the molecule is Cc1ccccc1-c1ccc2oc(C3CCCN3C(=O)c3ccccc3)nc2c1. The maximum atomic E-state index is 13.0. The molecule has 29 heavy (non-hydrogen) atoms. The first kappa shape index (κ1) is 17.7. The summed E-state index contributed by atoms with van der Waals surface area (Å²) < 4.78 is 6.08. The van der Waals surface area contributed by atoms with Gasteiger partial charge in [0.1, 0.15) is 11.6 Å². The molecular formula is C25H22N2O2. The molecule has 1 fully saturated rings. The molecule has 0 saturated carbocycles. The average molecular weight is 382 g/mol. The van der Waals surface area contributed by atoms with E-state index >= 15 is 0 Å². The smallest absolute Gasteiger partial charge is 0.254 e. The van der Waals surface area contributed by atoms with Gasteiger partial charge in [-0.05, 0) is 60.7 Å². The predicted molar refractivity (Wildman–Crippen MR) is 114 cm³/mol. The van der Waals surface area contributed by atoms with Crippen molar-refractivity contribution in [2.75, 3.05) is 6.54 Å². The van der Waals surface area contributed by atoms with Crippen molar-refractivity contribution in [2.24, 2.45) is 0 Å². The van der Waals surface area contributed by atoms with E-state index in [1.165, 1.54) is 11.1 Å². The van der Waals surface area contributed by atoms with Gasteiger partial charge >= 0.3 is 0 Å². The number of hydrogen-bond donors (Lipinski definition) is 0. The Bertz CT molecular complexity index is 1180. The Kier molecular flexibility index (Phi) is 4.39. The highest BCUT2D eigenvalue weighted by Gasteiger charge is 2.34. The largest absolute Gasteiger partial charge is 0.438 e. The molecule has 4 heteroatoms. The van der Waals surface area contributed by atoms with Crippen LogP contribution in [-0.2, 0) is 0 Å². The normalized spacial score (nSPS) is 16.4. The molecule has 3 aromatic carbocycles. The number of aromatic nitrogens is 1. The molecule has 1 unspecified atom stereocenters. The molecule has 4 aromatic rings. The summed E-state index contributed by atoms with van der Waals surface area (Å²) in [5.41, 5.74) is 5.85. The van der Waals surface area contributed by atoms with Gasteiger partial charge in [0, 0.05) is 12.1 Å². The third-order valence-corrected chi connectivity index (χ3v) is 5.68. The molecule has 0 bridgehead atoms. The summed E-state index contributed by atoms with van der Waals surface area (Å²) in [7, 11) is 0. The summed E-state index contributed by atoms with van der Waals surface area (Å²) in [5, 5.41) is 0. The van der Waals surface area contributed by atoms with Crippen molar-refractivity contribution in [3.8, 4) is 11.1 Å². The van der Waals surface area contributed by atoms with Crippen molar-refractivity contribution in [3.05, 3.63) is 89.8 Å². The van der Waals surface area contributed by atoms with Gasteiger partial charge in [-0.25, -0.2) is 4.98 Å². The topological polar surface area (TPSA) is 46.3 Å². The Morgan fingerprint density at radius 2 is 1.83 bits per heavy atom. The minimum Gasteiger partial charge on any atom is -0.438 e. The van der Waals surface area contributed by atoms with E-state index < -0.39 is 0 Å². The van der Waals surface area contributed by atoms with Crippen LogP contribution in [0.1, 0.15) is 40.7 Å². The van der Waals surface area contributed by atoms with Crippen LogP contribution >= 0.6 is 0 Å². The monoisotopic (exact) mass is 382 g/mol. The molecule has 144 valence electrons. The number of carbonyl (C=O) groups is 1. The van der Waals surface area contributed by atoms with E-state index in [2.05, 4.69) is 31.2 Å². The standard InChI is InChI=1S/C25H22N2O2/c1-17-8-5-6-11-20(17)19-13-14-23-21(16-19)26-24(29-23)22-12-7-15-27(22)25(28)18-9-3-2-4-10-18/h2-6,8-11,13-14,16,22H,7,12,15H2,1H3. The lowest BCUT2D eigenvalue weighted by molar-refractivity contribution is 0.0717.